The fraction of sp³-hybridized carbons (Fsp3) is 0.0833. The smallest absolute Gasteiger partial charge is 0.269 e. The normalized spacial score (nSPS) is 11.2. The zero-order chi connectivity index (χ0) is 24.3. The maximum atomic E-state index is 12.7. The van der Waals surface area contributed by atoms with Crippen LogP contribution in [0.3, 0.4) is 0 Å². The number of benzene rings is 3. The Kier molecular flexibility index (Phi) is 6.58. The Morgan fingerprint density at radius 3 is 2.50 bits per heavy atom. The van der Waals surface area contributed by atoms with E-state index in [1.165, 1.54) is 42.7 Å². The number of carbonyl (C=O) groups excluding carboxylic acids is 2. The molecule has 0 bridgehead atoms. The molecule has 0 spiro atoms. The molecule has 10 heteroatoms. The summed E-state index contributed by atoms with van der Waals surface area (Å²) >= 11 is 5.82. The Balaban J connectivity index is 1.39. The lowest BCUT2D eigenvalue weighted by molar-refractivity contribution is -0.121. The molecule has 3 aromatic carbocycles. The van der Waals surface area contributed by atoms with Crippen LogP contribution in [-0.2, 0) is 21.2 Å². The minimum atomic E-state index is -3.94. The Morgan fingerprint density at radius 1 is 0.971 bits per heavy atom. The van der Waals surface area contributed by atoms with Crippen molar-refractivity contribution in [2.45, 2.75) is 18.2 Å². The van der Waals surface area contributed by atoms with Crippen LogP contribution in [0.1, 0.15) is 21.5 Å². The molecule has 34 heavy (non-hydrogen) atoms. The van der Waals surface area contributed by atoms with Crippen molar-refractivity contribution in [2.24, 2.45) is 0 Å². The van der Waals surface area contributed by atoms with Gasteiger partial charge >= 0.3 is 0 Å². The lowest BCUT2D eigenvalue weighted by Crippen LogP contribution is -2.42. The molecule has 174 valence electrons. The highest BCUT2D eigenvalue weighted by Gasteiger charge is 2.17. The predicted octanol–water partition coefficient (Wildman–Crippen LogP) is 4.20. The van der Waals surface area contributed by atoms with E-state index >= 15 is 0 Å². The van der Waals surface area contributed by atoms with Crippen LogP contribution in [0.15, 0.2) is 82.3 Å². The van der Waals surface area contributed by atoms with Gasteiger partial charge < -0.3 is 4.42 Å². The number of carbonyl (C=O) groups is 2. The molecule has 0 aliphatic rings. The first-order valence-electron chi connectivity index (χ1n) is 10.2. The van der Waals surface area contributed by atoms with Crippen LogP contribution >= 0.6 is 11.6 Å². The van der Waals surface area contributed by atoms with Crippen molar-refractivity contribution >= 4 is 50.1 Å². The summed E-state index contributed by atoms with van der Waals surface area (Å²) in [7, 11) is -3.94. The van der Waals surface area contributed by atoms with Crippen LogP contribution in [0.5, 0.6) is 0 Å². The second-order valence-electron chi connectivity index (χ2n) is 7.58. The molecule has 4 aromatic rings. The fourth-order valence-corrected chi connectivity index (χ4v) is 4.51. The number of fused-ring (bicyclic) bond motifs is 1. The van der Waals surface area contributed by atoms with Gasteiger partial charge in [-0.05, 0) is 61.0 Å². The lowest BCUT2D eigenvalue weighted by Gasteiger charge is -2.10. The minimum Gasteiger partial charge on any atom is -0.464 e. The largest absolute Gasteiger partial charge is 0.464 e. The highest BCUT2D eigenvalue weighted by Crippen LogP contribution is 2.23. The summed E-state index contributed by atoms with van der Waals surface area (Å²) in [5, 5.41) is 1.29. The molecular weight excluding hydrogens is 478 g/mol. The monoisotopic (exact) mass is 497 g/mol. The molecule has 4 rings (SSSR count). The third-order valence-electron chi connectivity index (χ3n) is 4.98. The number of sulfonamides is 1. The molecule has 0 saturated carbocycles. The van der Waals surface area contributed by atoms with Gasteiger partial charge in [-0.1, -0.05) is 29.8 Å². The number of rotatable bonds is 6. The second-order valence-corrected chi connectivity index (χ2v) is 9.70. The first-order valence-corrected chi connectivity index (χ1v) is 12.0. The molecule has 0 aliphatic carbocycles. The van der Waals surface area contributed by atoms with Gasteiger partial charge in [0.1, 0.15) is 5.58 Å². The number of nitrogens with one attached hydrogen (secondary N) is 3. The summed E-state index contributed by atoms with van der Waals surface area (Å²) < 4.78 is 33.3. The molecule has 0 unspecified atom stereocenters. The maximum absolute atomic E-state index is 12.7. The number of amides is 2. The number of halogens is 1. The van der Waals surface area contributed by atoms with E-state index in [0.29, 0.717) is 21.9 Å². The summed E-state index contributed by atoms with van der Waals surface area (Å²) in [4.78, 5) is 24.7. The number of anilines is 1. The van der Waals surface area contributed by atoms with Crippen molar-refractivity contribution in [1.29, 1.82) is 0 Å². The molecule has 1 aromatic heterocycles. The van der Waals surface area contributed by atoms with Gasteiger partial charge in [-0.25, -0.2) is 8.42 Å². The summed E-state index contributed by atoms with van der Waals surface area (Å²) in [5.41, 5.74) is 7.43. The van der Waals surface area contributed by atoms with Gasteiger partial charge in [-0.3, -0.25) is 25.2 Å². The zero-order valence-electron chi connectivity index (χ0n) is 18.0. The number of hydrogen-bond donors (Lipinski definition) is 3. The highest BCUT2D eigenvalue weighted by atomic mass is 35.5. The quantitative estimate of drug-likeness (QED) is 0.345. The van der Waals surface area contributed by atoms with Crippen molar-refractivity contribution in [2.75, 3.05) is 4.72 Å². The molecule has 0 saturated heterocycles. The maximum Gasteiger partial charge on any atom is 0.269 e. The molecule has 3 N–H and O–H groups in total. The van der Waals surface area contributed by atoms with Crippen LogP contribution in [0, 0.1) is 6.92 Å². The van der Waals surface area contributed by atoms with E-state index < -0.39 is 21.8 Å². The first kappa shape index (κ1) is 23.3. The van der Waals surface area contributed by atoms with E-state index in [4.69, 9.17) is 16.0 Å². The van der Waals surface area contributed by atoms with Crippen molar-refractivity contribution < 1.29 is 22.4 Å². The van der Waals surface area contributed by atoms with Crippen LogP contribution in [-0.4, -0.2) is 20.2 Å². The molecular formula is C24H20ClN3O5S. The summed E-state index contributed by atoms with van der Waals surface area (Å²) in [5.74, 6) is -1.12. The third kappa shape index (κ3) is 5.38. The predicted molar refractivity (Wildman–Crippen MR) is 129 cm³/mol. The van der Waals surface area contributed by atoms with E-state index in [1.54, 1.807) is 12.1 Å². The van der Waals surface area contributed by atoms with Crippen molar-refractivity contribution in [1.82, 2.24) is 10.9 Å². The Hall–Kier alpha value is -3.82. The fourth-order valence-electron chi connectivity index (χ4n) is 3.28. The minimum absolute atomic E-state index is 0.00419. The van der Waals surface area contributed by atoms with Crippen molar-refractivity contribution in [3.63, 3.8) is 0 Å². The highest BCUT2D eigenvalue weighted by molar-refractivity contribution is 7.92. The molecule has 1 heterocycles. The Labute approximate surface area is 200 Å². The van der Waals surface area contributed by atoms with Gasteiger partial charge in [0, 0.05) is 27.2 Å². The van der Waals surface area contributed by atoms with Crippen LogP contribution < -0.4 is 15.6 Å². The second kappa shape index (κ2) is 9.58. The van der Waals surface area contributed by atoms with Crippen LogP contribution in [0.2, 0.25) is 5.02 Å². The van der Waals surface area contributed by atoms with Gasteiger partial charge in [0.25, 0.3) is 15.9 Å². The number of hydrazine groups is 1. The van der Waals surface area contributed by atoms with Gasteiger partial charge in [0.05, 0.1) is 17.6 Å². The number of aryl methyl sites for hydroxylation is 1. The van der Waals surface area contributed by atoms with E-state index in [9.17, 15) is 18.0 Å². The van der Waals surface area contributed by atoms with E-state index in [0.717, 1.165) is 10.9 Å². The van der Waals surface area contributed by atoms with Gasteiger partial charge in [0.15, 0.2) is 0 Å². The van der Waals surface area contributed by atoms with Gasteiger partial charge in [-0.15, -0.1) is 0 Å². The van der Waals surface area contributed by atoms with Crippen molar-refractivity contribution in [3.05, 3.63) is 94.7 Å². The topological polar surface area (TPSA) is 118 Å². The Bertz CT molecular complexity index is 1480. The van der Waals surface area contributed by atoms with Gasteiger partial charge in [0.2, 0.25) is 5.91 Å². The third-order valence-corrected chi connectivity index (χ3v) is 6.61. The van der Waals surface area contributed by atoms with Crippen LogP contribution in [0.25, 0.3) is 11.0 Å². The average Bonchev–Trinajstić information content (AvgIpc) is 3.20. The molecule has 0 aliphatic heterocycles. The number of furan rings is 1. The summed E-state index contributed by atoms with van der Waals surface area (Å²) in [6.45, 7) is 1.94. The van der Waals surface area contributed by atoms with Gasteiger partial charge in [-0.2, -0.15) is 0 Å². The summed E-state index contributed by atoms with van der Waals surface area (Å²) in [6, 6.07) is 17.3. The van der Waals surface area contributed by atoms with E-state index in [1.807, 2.05) is 25.1 Å². The van der Waals surface area contributed by atoms with Crippen molar-refractivity contribution in [3.8, 4) is 0 Å². The zero-order valence-corrected chi connectivity index (χ0v) is 19.5. The Morgan fingerprint density at radius 2 is 1.74 bits per heavy atom. The van der Waals surface area contributed by atoms with E-state index in [2.05, 4.69) is 15.6 Å². The molecule has 0 atom stereocenters. The summed E-state index contributed by atoms with van der Waals surface area (Å²) in [6.07, 6.45) is 1.50. The molecule has 0 fully saturated rings. The SMILES string of the molecule is Cc1ccc2c(CC(=O)NNC(=O)c3cccc(S(=O)(=O)Nc4ccc(Cl)cc4)c3)coc2c1. The van der Waals surface area contributed by atoms with E-state index in [-0.39, 0.29) is 16.9 Å². The standard InChI is InChI=1S/C24H20ClN3O5S/c1-15-5-10-21-17(14-33-22(21)11-15)13-23(29)26-27-24(30)16-3-2-4-20(12-16)34(31,32)28-19-8-6-18(25)7-9-19/h2-12,14,28H,13H2,1H3,(H,26,29)(H,27,30). The lowest BCUT2D eigenvalue weighted by atomic mass is 10.1. The van der Waals surface area contributed by atoms with Crippen LogP contribution in [0.4, 0.5) is 5.69 Å². The molecule has 0 radical (unpaired) electrons. The molecule has 8 nitrogen and oxygen atoms in total. The molecule has 2 amide bonds. The number of hydrogen-bond acceptors (Lipinski definition) is 5. The first-order chi connectivity index (χ1) is 16.2. The average molecular weight is 498 g/mol.